The predicted octanol–water partition coefficient (Wildman–Crippen LogP) is 6.86. The zero-order chi connectivity index (χ0) is 23.1. The fourth-order valence-corrected chi connectivity index (χ4v) is 3.52. The summed E-state index contributed by atoms with van der Waals surface area (Å²) in [7, 11) is 0. The topological polar surface area (TPSA) is 53.1 Å². The number of rotatable bonds is 4. The second-order valence-electron chi connectivity index (χ2n) is 6.28. The molecule has 0 unspecified atom stereocenters. The van der Waals surface area contributed by atoms with Crippen molar-refractivity contribution in [2.45, 2.75) is 19.3 Å². The van der Waals surface area contributed by atoms with Crippen LogP contribution >= 0.6 is 23.2 Å². The highest BCUT2D eigenvalue weighted by Gasteiger charge is 2.34. The lowest BCUT2D eigenvalue weighted by Crippen LogP contribution is -2.08. The molecule has 2 aromatic carbocycles. The maximum Gasteiger partial charge on any atom is 0.416 e. The highest BCUT2D eigenvalue weighted by Crippen LogP contribution is 2.43. The van der Waals surface area contributed by atoms with Crippen LogP contribution < -0.4 is 10.5 Å². The summed E-state index contributed by atoms with van der Waals surface area (Å²) in [6.07, 6.45) is -9.30. The number of halogens is 8. The number of nitrogens with zero attached hydrogens (tertiary/aromatic N) is 2. The van der Waals surface area contributed by atoms with Crippen molar-refractivity contribution in [2.75, 3.05) is 12.3 Å². The highest BCUT2D eigenvalue weighted by atomic mass is 35.5. The Morgan fingerprint density at radius 3 is 2.06 bits per heavy atom. The van der Waals surface area contributed by atoms with Crippen LogP contribution in [0.2, 0.25) is 10.0 Å². The van der Waals surface area contributed by atoms with Gasteiger partial charge in [-0.15, -0.1) is 5.10 Å². The molecule has 1 aromatic heterocycles. The molecule has 0 atom stereocenters. The first kappa shape index (κ1) is 23.1. The molecule has 2 N–H and O–H groups in total. The van der Waals surface area contributed by atoms with Crippen LogP contribution in [0, 0.1) is 0 Å². The van der Waals surface area contributed by atoms with Crippen LogP contribution in [-0.2, 0) is 12.4 Å². The molecule has 0 saturated heterocycles. The zero-order valence-corrected chi connectivity index (χ0v) is 17.1. The standard InChI is InChI=1S/C19H13Cl2F6N3O/c1-2-31-17-14(9-4-3-5-10(6-9)18(22,23)24)16(28)30(29-17)15-12(20)7-11(8-13(15)21)19(25,26)27/h3-8H,2,28H2,1H3. The molecule has 0 saturated carbocycles. The first-order valence-electron chi connectivity index (χ1n) is 8.60. The lowest BCUT2D eigenvalue weighted by Gasteiger charge is -2.13. The van der Waals surface area contributed by atoms with Crippen LogP contribution in [0.15, 0.2) is 36.4 Å². The Kier molecular flexibility index (Phi) is 6.07. The number of aromatic nitrogens is 2. The van der Waals surface area contributed by atoms with Crippen molar-refractivity contribution in [1.82, 2.24) is 9.78 Å². The van der Waals surface area contributed by atoms with E-state index in [9.17, 15) is 26.3 Å². The van der Waals surface area contributed by atoms with Gasteiger partial charge >= 0.3 is 12.4 Å². The van der Waals surface area contributed by atoms with Gasteiger partial charge in [0.15, 0.2) is 0 Å². The molecular formula is C19H13Cl2F6N3O. The predicted molar refractivity (Wildman–Crippen MR) is 105 cm³/mol. The lowest BCUT2D eigenvalue weighted by atomic mass is 10.0. The van der Waals surface area contributed by atoms with Crippen LogP contribution in [0.5, 0.6) is 5.88 Å². The van der Waals surface area contributed by atoms with Gasteiger partial charge in [-0.25, -0.2) is 4.68 Å². The van der Waals surface area contributed by atoms with Crippen molar-refractivity contribution in [3.63, 3.8) is 0 Å². The molecule has 0 aliphatic carbocycles. The quantitative estimate of drug-likeness (QED) is 0.412. The number of hydrogen-bond donors (Lipinski definition) is 1. The van der Waals surface area contributed by atoms with E-state index < -0.39 is 33.5 Å². The summed E-state index contributed by atoms with van der Waals surface area (Å²) in [5, 5.41) is 3.27. The summed E-state index contributed by atoms with van der Waals surface area (Å²) in [4.78, 5) is 0. The van der Waals surface area contributed by atoms with Crippen molar-refractivity contribution < 1.29 is 31.1 Å². The average molecular weight is 484 g/mol. The summed E-state index contributed by atoms with van der Waals surface area (Å²) >= 11 is 12.1. The lowest BCUT2D eigenvalue weighted by molar-refractivity contribution is -0.138. The van der Waals surface area contributed by atoms with E-state index in [4.69, 9.17) is 33.7 Å². The van der Waals surface area contributed by atoms with Crippen LogP contribution in [0.4, 0.5) is 32.2 Å². The number of alkyl halides is 6. The minimum Gasteiger partial charge on any atom is -0.476 e. The van der Waals surface area contributed by atoms with Crippen LogP contribution in [0.25, 0.3) is 16.8 Å². The third kappa shape index (κ3) is 4.54. The van der Waals surface area contributed by atoms with Crippen molar-refractivity contribution in [3.05, 3.63) is 57.6 Å². The molecule has 1 heterocycles. The van der Waals surface area contributed by atoms with Gasteiger partial charge in [-0.1, -0.05) is 35.3 Å². The molecule has 0 aliphatic rings. The normalized spacial score (nSPS) is 12.3. The average Bonchev–Trinajstić information content (AvgIpc) is 2.96. The Morgan fingerprint density at radius 1 is 0.968 bits per heavy atom. The summed E-state index contributed by atoms with van der Waals surface area (Å²) < 4.78 is 84.8. The molecule has 4 nitrogen and oxygen atoms in total. The monoisotopic (exact) mass is 483 g/mol. The fraction of sp³-hybridized carbons (Fsp3) is 0.211. The first-order chi connectivity index (χ1) is 14.3. The van der Waals surface area contributed by atoms with Gasteiger partial charge in [0.2, 0.25) is 5.88 Å². The van der Waals surface area contributed by atoms with E-state index in [2.05, 4.69) is 5.10 Å². The molecule has 0 spiro atoms. The van der Waals surface area contributed by atoms with Crippen molar-refractivity contribution in [1.29, 1.82) is 0 Å². The Hall–Kier alpha value is -2.59. The largest absolute Gasteiger partial charge is 0.476 e. The maximum atomic E-state index is 13.1. The van der Waals surface area contributed by atoms with Crippen molar-refractivity contribution in [3.8, 4) is 22.7 Å². The second kappa shape index (κ2) is 8.16. The number of nitrogen functional groups attached to an aromatic ring is 1. The Morgan fingerprint density at radius 2 is 1.55 bits per heavy atom. The zero-order valence-electron chi connectivity index (χ0n) is 15.6. The van der Waals surface area contributed by atoms with Gasteiger partial charge in [-0.3, -0.25) is 0 Å². The van der Waals surface area contributed by atoms with Gasteiger partial charge in [0.05, 0.1) is 33.3 Å². The van der Waals surface area contributed by atoms with E-state index in [0.717, 1.165) is 16.8 Å². The summed E-state index contributed by atoms with van der Waals surface area (Å²) in [5.74, 6) is -0.349. The van der Waals surface area contributed by atoms with Gasteiger partial charge < -0.3 is 10.5 Å². The fourth-order valence-electron chi connectivity index (χ4n) is 2.87. The minimum atomic E-state index is -4.69. The van der Waals surface area contributed by atoms with Gasteiger partial charge in [0.25, 0.3) is 0 Å². The van der Waals surface area contributed by atoms with Crippen molar-refractivity contribution >= 4 is 29.0 Å². The molecule has 0 fully saturated rings. The van der Waals surface area contributed by atoms with Gasteiger partial charge in [-0.2, -0.15) is 26.3 Å². The number of nitrogens with two attached hydrogens (primary N) is 1. The van der Waals surface area contributed by atoms with E-state index >= 15 is 0 Å². The maximum absolute atomic E-state index is 13.1. The molecular weight excluding hydrogens is 471 g/mol. The SMILES string of the molecule is CCOc1nn(-c2c(Cl)cc(C(F)(F)F)cc2Cl)c(N)c1-c1cccc(C(F)(F)F)c1. The molecule has 0 amide bonds. The minimum absolute atomic E-state index is 0.0139. The third-order valence-electron chi connectivity index (χ3n) is 4.20. The Bertz CT molecular complexity index is 1100. The molecule has 31 heavy (non-hydrogen) atoms. The first-order valence-corrected chi connectivity index (χ1v) is 9.35. The molecule has 166 valence electrons. The van der Waals surface area contributed by atoms with Crippen molar-refractivity contribution in [2.24, 2.45) is 0 Å². The van der Waals surface area contributed by atoms with Crippen LogP contribution in [0.1, 0.15) is 18.1 Å². The molecule has 0 aliphatic heterocycles. The third-order valence-corrected chi connectivity index (χ3v) is 4.78. The van der Waals surface area contributed by atoms with Crippen LogP contribution in [0.3, 0.4) is 0 Å². The molecule has 3 rings (SSSR count). The Labute approximate surface area is 182 Å². The van der Waals surface area contributed by atoms with E-state index in [1.165, 1.54) is 12.1 Å². The van der Waals surface area contributed by atoms with Gasteiger partial charge in [-0.05, 0) is 36.8 Å². The van der Waals surface area contributed by atoms with Gasteiger partial charge in [0.1, 0.15) is 11.5 Å². The molecule has 0 bridgehead atoms. The Balaban J connectivity index is 2.23. The summed E-state index contributed by atoms with van der Waals surface area (Å²) in [5.41, 5.74) is 3.99. The smallest absolute Gasteiger partial charge is 0.416 e. The van der Waals surface area contributed by atoms with E-state index in [1.807, 2.05) is 0 Å². The molecule has 12 heteroatoms. The summed E-state index contributed by atoms with van der Waals surface area (Å²) in [6, 6.07) is 5.58. The molecule has 3 aromatic rings. The highest BCUT2D eigenvalue weighted by molar-refractivity contribution is 6.38. The van der Waals surface area contributed by atoms with E-state index in [-0.39, 0.29) is 35.1 Å². The second-order valence-corrected chi connectivity index (χ2v) is 7.09. The number of hydrogen-bond acceptors (Lipinski definition) is 3. The molecule has 0 radical (unpaired) electrons. The van der Waals surface area contributed by atoms with E-state index in [0.29, 0.717) is 12.1 Å². The number of ether oxygens (including phenoxy) is 1. The number of anilines is 1. The summed E-state index contributed by atoms with van der Waals surface area (Å²) in [6.45, 7) is 1.71. The number of benzene rings is 2. The van der Waals surface area contributed by atoms with Crippen LogP contribution in [-0.4, -0.2) is 16.4 Å². The van der Waals surface area contributed by atoms with Gasteiger partial charge in [0, 0.05) is 0 Å². The van der Waals surface area contributed by atoms with E-state index in [1.54, 1.807) is 6.92 Å².